The minimum Gasteiger partial charge on any atom is -0.324 e. The van der Waals surface area contributed by atoms with E-state index < -0.39 is 0 Å². The molecule has 0 bridgehead atoms. The van der Waals surface area contributed by atoms with Gasteiger partial charge in [-0.3, -0.25) is 0 Å². The van der Waals surface area contributed by atoms with Crippen LogP contribution in [0, 0.1) is 17.1 Å². The fraction of sp³-hybridized carbons (Fsp3) is 0.357. The van der Waals surface area contributed by atoms with E-state index in [1.807, 2.05) is 18.4 Å². The Labute approximate surface area is 127 Å². The van der Waals surface area contributed by atoms with E-state index in [0.29, 0.717) is 29.2 Å². The van der Waals surface area contributed by atoms with Crippen LogP contribution in [0.4, 0.5) is 4.39 Å². The van der Waals surface area contributed by atoms with Crippen LogP contribution in [-0.2, 0) is 12.3 Å². The summed E-state index contributed by atoms with van der Waals surface area (Å²) in [6.45, 7) is 4.36. The highest BCUT2D eigenvalue weighted by Crippen LogP contribution is 2.26. The average Bonchev–Trinajstić information content (AvgIpc) is 2.88. The van der Waals surface area contributed by atoms with Crippen LogP contribution in [0.3, 0.4) is 0 Å². The maximum atomic E-state index is 13.3. The number of hydrogen-bond donors (Lipinski definition) is 1. The summed E-state index contributed by atoms with van der Waals surface area (Å²) in [7, 11) is 0. The van der Waals surface area contributed by atoms with Gasteiger partial charge in [0.15, 0.2) is 5.16 Å². The standard InChI is InChI=1S/C14H16FN5S/c1-9(2)20-13(7-17)18-19-14(20)21-8-11-5-12(15)4-3-10(11)6-16/h3-5,9H,7-8,17H2,1-2H3. The van der Waals surface area contributed by atoms with Gasteiger partial charge in [0.05, 0.1) is 18.2 Å². The van der Waals surface area contributed by atoms with Gasteiger partial charge in [-0.25, -0.2) is 4.39 Å². The third-order valence-electron chi connectivity index (χ3n) is 2.98. The number of thioether (sulfide) groups is 1. The van der Waals surface area contributed by atoms with Crippen molar-refractivity contribution in [2.24, 2.45) is 5.73 Å². The lowest BCUT2D eigenvalue weighted by atomic mass is 10.1. The normalized spacial score (nSPS) is 10.9. The van der Waals surface area contributed by atoms with Gasteiger partial charge in [0.25, 0.3) is 0 Å². The van der Waals surface area contributed by atoms with Gasteiger partial charge in [0.1, 0.15) is 11.6 Å². The predicted molar refractivity (Wildman–Crippen MR) is 79.0 cm³/mol. The molecule has 2 aromatic rings. The third kappa shape index (κ3) is 3.40. The summed E-state index contributed by atoms with van der Waals surface area (Å²) in [5, 5.41) is 18.0. The number of nitrogens with zero attached hydrogens (tertiary/aromatic N) is 4. The second-order valence-corrected chi connectivity index (χ2v) is 5.71. The molecule has 1 aromatic carbocycles. The van der Waals surface area contributed by atoms with Gasteiger partial charge in [-0.1, -0.05) is 11.8 Å². The molecule has 1 heterocycles. The Hall–Kier alpha value is -1.91. The minimum absolute atomic E-state index is 0.184. The summed E-state index contributed by atoms with van der Waals surface area (Å²) in [6.07, 6.45) is 0. The lowest BCUT2D eigenvalue weighted by Gasteiger charge is -2.13. The molecule has 0 amide bonds. The molecule has 110 valence electrons. The van der Waals surface area contributed by atoms with Gasteiger partial charge in [-0.05, 0) is 37.6 Å². The van der Waals surface area contributed by atoms with Crippen molar-refractivity contribution in [2.75, 3.05) is 0 Å². The third-order valence-corrected chi connectivity index (χ3v) is 3.97. The first kappa shape index (κ1) is 15.5. The number of aromatic nitrogens is 3. The number of rotatable bonds is 5. The summed E-state index contributed by atoms with van der Waals surface area (Å²) in [6, 6.07) is 6.41. The number of nitrogens with two attached hydrogens (primary N) is 1. The largest absolute Gasteiger partial charge is 0.324 e. The fourth-order valence-electron chi connectivity index (χ4n) is 2.00. The van der Waals surface area contributed by atoms with E-state index in [9.17, 15) is 4.39 Å². The molecule has 0 saturated heterocycles. The highest BCUT2D eigenvalue weighted by atomic mass is 32.2. The second kappa shape index (κ2) is 6.70. The average molecular weight is 305 g/mol. The van der Waals surface area contributed by atoms with Crippen molar-refractivity contribution < 1.29 is 4.39 Å². The molecule has 0 spiro atoms. The molecule has 0 fully saturated rings. The maximum Gasteiger partial charge on any atom is 0.191 e. The lowest BCUT2D eigenvalue weighted by molar-refractivity contribution is 0.526. The minimum atomic E-state index is -0.349. The molecule has 0 aliphatic carbocycles. The first-order valence-electron chi connectivity index (χ1n) is 6.52. The fourth-order valence-corrected chi connectivity index (χ4v) is 3.07. The van der Waals surface area contributed by atoms with E-state index in [4.69, 9.17) is 11.0 Å². The Bertz CT molecular complexity index is 674. The van der Waals surface area contributed by atoms with Crippen LogP contribution in [0.5, 0.6) is 0 Å². The van der Waals surface area contributed by atoms with Crippen LogP contribution in [0.25, 0.3) is 0 Å². The zero-order valence-corrected chi connectivity index (χ0v) is 12.7. The van der Waals surface area contributed by atoms with Crippen molar-refractivity contribution in [1.82, 2.24) is 14.8 Å². The summed E-state index contributed by atoms with van der Waals surface area (Å²) < 4.78 is 15.3. The van der Waals surface area contributed by atoms with Crippen molar-refractivity contribution >= 4 is 11.8 Å². The highest BCUT2D eigenvalue weighted by Gasteiger charge is 2.15. The Morgan fingerprint density at radius 3 is 2.81 bits per heavy atom. The van der Waals surface area contributed by atoms with Crippen molar-refractivity contribution in [1.29, 1.82) is 5.26 Å². The molecular formula is C14H16FN5S. The Kier molecular flexibility index (Phi) is 4.94. The Balaban J connectivity index is 2.23. The van der Waals surface area contributed by atoms with Crippen molar-refractivity contribution in [3.8, 4) is 6.07 Å². The van der Waals surface area contributed by atoms with Crippen LogP contribution >= 0.6 is 11.8 Å². The molecule has 0 aliphatic rings. The molecule has 0 unspecified atom stereocenters. The maximum absolute atomic E-state index is 13.3. The molecule has 2 N–H and O–H groups in total. The zero-order valence-electron chi connectivity index (χ0n) is 11.9. The van der Waals surface area contributed by atoms with E-state index in [1.165, 1.54) is 30.0 Å². The van der Waals surface area contributed by atoms with Gasteiger partial charge in [0, 0.05) is 11.8 Å². The van der Waals surface area contributed by atoms with Crippen molar-refractivity contribution in [3.63, 3.8) is 0 Å². The quantitative estimate of drug-likeness (QED) is 0.859. The van der Waals surface area contributed by atoms with Crippen molar-refractivity contribution in [2.45, 2.75) is 37.3 Å². The lowest BCUT2D eigenvalue weighted by Crippen LogP contribution is -2.11. The number of benzene rings is 1. The first-order chi connectivity index (χ1) is 10.1. The molecule has 7 heteroatoms. The van der Waals surface area contributed by atoms with Gasteiger partial charge in [0.2, 0.25) is 0 Å². The number of halogens is 1. The summed E-state index contributed by atoms with van der Waals surface area (Å²) in [4.78, 5) is 0. The molecular weight excluding hydrogens is 289 g/mol. The Morgan fingerprint density at radius 2 is 2.19 bits per heavy atom. The van der Waals surface area contributed by atoms with E-state index in [1.54, 1.807) is 0 Å². The number of hydrogen-bond acceptors (Lipinski definition) is 5. The van der Waals surface area contributed by atoms with E-state index in [2.05, 4.69) is 16.3 Å². The predicted octanol–water partition coefficient (Wildman–Crippen LogP) is 2.62. The molecule has 2 rings (SSSR count). The van der Waals surface area contributed by atoms with Crippen LogP contribution in [-0.4, -0.2) is 14.8 Å². The monoisotopic (exact) mass is 305 g/mol. The van der Waals surface area contributed by atoms with Crippen molar-refractivity contribution in [3.05, 3.63) is 41.0 Å². The molecule has 0 radical (unpaired) electrons. The molecule has 0 saturated carbocycles. The zero-order chi connectivity index (χ0) is 15.4. The van der Waals surface area contributed by atoms with E-state index in [-0.39, 0.29) is 11.9 Å². The molecule has 21 heavy (non-hydrogen) atoms. The van der Waals surface area contributed by atoms with E-state index in [0.717, 1.165) is 5.16 Å². The summed E-state index contributed by atoms with van der Waals surface area (Å²) in [5.41, 5.74) is 6.77. The Morgan fingerprint density at radius 1 is 1.43 bits per heavy atom. The van der Waals surface area contributed by atoms with Gasteiger partial charge in [-0.15, -0.1) is 10.2 Å². The first-order valence-corrected chi connectivity index (χ1v) is 7.50. The molecule has 5 nitrogen and oxygen atoms in total. The molecule has 0 atom stereocenters. The summed E-state index contributed by atoms with van der Waals surface area (Å²) >= 11 is 1.42. The highest BCUT2D eigenvalue weighted by molar-refractivity contribution is 7.98. The van der Waals surface area contributed by atoms with Gasteiger partial charge < -0.3 is 10.3 Å². The van der Waals surface area contributed by atoms with Crippen LogP contribution in [0.15, 0.2) is 23.4 Å². The molecule has 1 aromatic heterocycles. The van der Waals surface area contributed by atoms with Gasteiger partial charge in [-0.2, -0.15) is 5.26 Å². The second-order valence-electron chi connectivity index (χ2n) is 4.77. The van der Waals surface area contributed by atoms with Crippen LogP contribution in [0.1, 0.15) is 36.8 Å². The van der Waals surface area contributed by atoms with Gasteiger partial charge >= 0.3 is 0 Å². The molecule has 0 aliphatic heterocycles. The summed E-state index contributed by atoms with van der Waals surface area (Å²) in [5.74, 6) is 0.820. The SMILES string of the molecule is CC(C)n1c(CN)nnc1SCc1cc(F)ccc1C#N. The number of nitriles is 1. The van der Waals surface area contributed by atoms with E-state index >= 15 is 0 Å². The smallest absolute Gasteiger partial charge is 0.191 e. The van der Waals surface area contributed by atoms with Crippen LogP contribution < -0.4 is 5.73 Å². The van der Waals surface area contributed by atoms with Crippen LogP contribution in [0.2, 0.25) is 0 Å². The topological polar surface area (TPSA) is 80.5 Å².